The SMILES string of the molecule is Cc1cc(C)c(NC(=O)Nc2cc3ccccc3cc2C(=O)N2CCC[C@@H]2C(=O)OC(C)(C)C)c(C)c1. The second-order valence-electron chi connectivity index (χ2n) is 10.8. The molecule has 1 aliphatic rings. The van der Waals surface area contributed by atoms with E-state index in [1.165, 1.54) is 0 Å². The second kappa shape index (κ2) is 10.2. The van der Waals surface area contributed by atoms with Gasteiger partial charge in [-0.2, -0.15) is 0 Å². The quantitative estimate of drug-likeness (QED) is 0.408. The molecular formula is C30H35N3O4. The van der Waals surface area contributed by atoms with Gasteiger partial charge in [-0.15, -0.1) is 0 Å². The fraction of sp³-hybridized carbons (Fsp3) is 0.367. The van der Waals surface area contributed by atoms with Crippen molar-refractivity contribution in [2.75, 3.05) is 17.2 Å². The molecule has 3 aromatic carbocycles. The van der Waals surface area contributed by atoms with Gasteiger partial charge in [0, 0.05) is 12.2 Å². The Morgan fingerprint density at radius 1 is 0.919 bits per heavy atom. The molecule has 0 saturated carbocycles. The number of aryl methyl sites for hydroxylation is 3. The van der Waals surface area contributed by atoms with Crippen molar-refractivity contribution in [3.05, 3.63) is 70.8 Å². The van der Waals surface area contributed by atoms with Crippen LogP contribution in [-0.2, 0) is 9.53 Å². The summed E-state index contributed by atoms with van der Waals surface area (Å²) < 4.78 is 5.59. The summed E-state index contributed by atoms with van der Waals surface area (Å²) in [5, 5.41) is 7.60. The maximum Gasteiger partial charge on any atom is 0.329 e. The molecular weight excluding hydrogens is 466 g/mol. The lowest BCUT2D eigenvalue weighted by atomic mass is 10.0. The highest BCUT2D eigenvalue weighted by Crippen LogP contribution is 2.30. The van der Waals surface area contributed by atoms with Crippen LogP contribution in [0.1, 0.15) is 60.7 Å². The van der Waals surface area contributed by atoms with Gasteiger partial charge in [0.25, 0.3) is 5.91 Å². The molecule has 0 unspecified atom stereocenters. The number of urea groups is 1. The van der Waals surface area contributed by atoms with Crippen molar-refractivity contribution in [2.45, 2.75) is 66.0 Å². The van der Waals surface area contributed by atoms with E-state index in [0.717, 1.165) is 33.2 Å². The number of nitrogens with one attached hydrogen (secondary N) is 2. The van der Waals surface area contributed by atoms with Crippen molar-refractivity contribution >= 4 is 40.1 Å². The maximum atomic E-state index is 13.8. The highest BCUT2D eigenvalue weighted by Gasteiger charge is 2.38. The van der Waals surface area contributed by atoms with E-state index in [0.29, 0.717) is 30.6 Å². The zero-order valence-electron chi connectivity index (χ0n) is 22.4. The highest BCUT2D eigenvalue weighted by molar-refractivity contribution is 6.10. The Morgan fingerprint density at radius 3 is 2.16 bits per heavy atom. The lowest BCUT2D eigenvalue weighted by Crippen LogP contribution is -2.43. The smallest absolute Gasteiger partial charge is 0.329 e. The van der Waals surface area contributed by atoms with Crippen LogP contribution in [0.3, 0.4) is 0 Å². The fourth-order valence-corrected chi connectivity index (χ4v) is 4.94. The predicted molar refractivity (Wildman–Crippen MR) is 147 cm³/mol. The topological polar surface area (TPSA) is 87.7 Å². The molecule has 3 aromatic rings. The number of carbonyl (C=O) groups is 3. The first-order valence-corrected chi connectivity index (χ1v) is 12.7. The average Bonchev–Trinajstić information content (AvgIpc) is 3.30. The summed E-state index contributed by atoms with van der Waals surface area (Å²) in [6, 6.07) is 14.2. The molecule has 1 aliphatic heterocycles. The van der Waals surface area contributed by atoms with Crippen LogP contribution in [0.4, 0.5) is 16.2 Å². The highest BCUT2D eigenvalue weighted by atomic mass is 16.6. The van der Waals surface area contributed by atoms with E-state index >= 15 is 0 Å². The normalized spacial score (nSPS) is 15.5. The first-order valence-electron chi connectivity index (χ1n) is 12.7. The number of hydrogen-bond acceptors (Lipinski definition) is 4. The molecule has 1 atom stereocenters. The van der Waals surface area contributed by atoms with Crippen LogP contribution in [0.5, 0.6) is 0 Å². The first-order chi connectivity index (χ1) is 17.4. The number of rotatable bonds is 4. The number of carbonyl (C=O) groups excluding carboxylic acids is 3. The van der Waals surface area contributed by atoms with Gasteiger partial charge in [-0.25, -0.2) is 9.59 Å². The molecule has 4 rings (SSSR count). The molecule has 194 valence electrons. The van der Waals surface area contributed by atoms with Crippen molar-refractivity contribution < 1.29 is 19.1 Å². The third-order valence-corrected chi connectivity index (χ3v) is 6.47. The molecule has 7 nitrogen and oxygen atoms in total. The van der Waals surface area contributed by atoms with E-state index in [2.05, 4.69) is 10.6 Å². The fourth-order valence-electron chi connectivity index (χ4n) is 4.94. The van der Waals surface area contributed by atoms with Gasteiger partial charge in [0.2, 0.25) is 0 Å². The van der Waals surface area contributed by atoms with Crippen molar-refractivity contribution in [3.8, 4) is 0 Å². The van der Waals surface area contributed by atoms with Gasteiger partial charge in [0.05, 0.1) is 11.3 Å². The molecule has 0 aliphatic carbocycles. The second-order valence-corrected chi connectivity index (χ2v) is 10.8. The van der Waals surface area contributed by atoms with Crippen LogP contribution in [0.25, 0.3) is 10.8 Å². The molecule has 1 fully saturated rings. The third-order valence-electron chi connectivity index (χ3n) is 6.47. The number of nitrogens with zero attached hydrogens (tertiary/aromatic N) is 1. The lowest BCUT2D eigenvalue weighted by Gasteiger charge is -2.28. The number of fused-ring (bicyclic) bond motifs is 1. The van der Waals surface area contributed by atoms with E-state index in [4.69, 9.17) is 4.74 Å². The van der Waals surface area contributed by atoms with Gasteiger partial charge in [-0.1, -0.05) is 42.0 Å². The van der Waals surface area contributed by atoms with Crippen LogP contribution < -0.4 is 10.6 Å². The summed E-state index contributed by atoms with van der Waals surface area (Å²) in [5.41, 5.74) is 3.85. The van der Waals surface area contributed by atoms with E-state index < -0.39 is 23.6 Å². The Kier molecular flexibility index (Phi) is 7.25. The molecule has 0 bridgehead atoms. The number of esters is 1. The summed E-state index contributed by atoms with van der Waals surface area (Å²) in [5.74, 6) is -0.714. The minimum absolute atomic E-state index is 0.308. The van der Waals surface area contributed by atoms with E-state index in [1.807, 2.05) is 77.9 Å². The molecule has 1 saturated heterocycles. The minimum atomic E-state index is -0.655. The molecule has 7 heteroatoms. The number of benzene rings is 3. The molecule has 37 heavy (non-hydrogen) atoms. The number of amides is 3. The lowest BCUT2D eigenvalue weighted by molar-refractivity contribution is -0.159. The van der Waals surface area contributed by atoms with Gasteiger partial charge in [0.1, 0.15) is 11.6 Å². The summed E-state index contributed by atoms with van der Waals surface area (Å²) in [4.78, 5) is 41.4. The largest absolute Gasteiger partial charge is 0.458 e. The van der Waals surface area contributed by atoms with E-state index in [-0.39, 0.29) is 5.91 Å². The Hall–Kier alpha value is -3.87. The van der Waals surface area contributed by atoms with Gasteiger partial charge >= 0.3 is 12.0 Å². The summed E-state index contributed by atoms with van der Waals surface area (Å²) in [7, 11) is 0. The molecule has 0 spiro atoms. The zero-order chi connectivity index (χ0) is 26.9. The number of likely N-dealkylation sites (tertiary alicyclic amines) is 1. The monoisotopic (exact) mass is 501 g/mol. The average molecular weight is 502 g/mol. The Morgan fingerprint density at radius 2 is 1.54 bits per heavy atom. The van der Waals surface area contributed by atoms with Crippen LogP contribution in [0.2, 0.25) is 0 Å². The third kappa shape index (κ3) is 5.93. The zero-order valence-corrected chi connectivity index (χ0v) is 22.4. The van der Waals surface area contributed by atoms with Crippen molar-refractivity contribution in [1.82, 2.24) is 4.90 Å². The Labute approximate surface area is 218 Å². The summed E-state index contributed by atoms with van der Waals surface area (Å²) in [6.07, 6.45) is 1.25. The van der Waals surface area contributed by atoms with E-state index in [1.54, 1.807) is 17.0 Å². The Bertz CT molecular complexity index is 1350. The number of hydrogen-bond donors (Lipinski definition) is 2. The molecule has 2 N–H and O–H groups in total. The molecule has 1 heterocycles. The van der Waals surface area contributed by atoms with Gasteiger partial charge in [-0.3, -0.25) is 4.79 Å². The summed E-state index contributed by atoms with van der Waals surface area (Å²) >= 11 is 0. The van der Waals surface area contributed by atoms with Gasteiger partial charge in [-0.05, 0) is 88.4 Å². The number of anilines is 2. The predicted octanol–water partition coefficient (Wildman–Crippen LogP) is 6.36. The Balaban J connectivity index is 1.66. The summed E-state index contributed by atoms with van der Waals surface area (Å²) in [6.45, 7) is 11.8. The number of ether oxygens (including phenoxy) is 1. The molecule has 0 radical (unpaired) electrons. The van der Waals surface area contributed by atoms with Crippen molar-refractivity contribution in [3.63, 3.8) is 0 Å². The van der Waals surface area contributed by atoms with E-state index in [9.17, 15) is 14.4 Å². The van der Waals surface area contributed by atoms with Crippen LogP contribution >= 0.6 is 0 Å². The first kappa shape index (κ1) is 26.2. The maximum absolute atomic E-state index is 13.8. The van der Waals surface area contributed by atoms with Crippen LogP contribution in [0, 0.1) is 20.8 Å². The minimum Gasteiger partial charge on any atom is -0.458 e. The van der Waals surface area contributed by atoms with Crippen LogP contribution in [0.15, 0.2) is 48.5 Å². The molecule has 0 aromatic heterocycles. The standard InChI is InChI=1S/C30H35N3O4/c1-18-14-19(2)26(20(3)15-18)32-29(36)31-24-17-22-11-8-7-10-21(22)16-23(24)27(34)33-13-9-12-25(33)28(35)37-30(4,5)6/h7-8,10-11,14-17,25H,9,12-13H2,1-6H3,(H2,31,32,36)/t25-/m1/s1. The molecule has 3 amide bonds. The van der Waals surface area contributed by atoms with Crippen molar-refractivity contribution in [1.29, 1.82) is 0 Å². The van der Waals surface area contributed by atoms with Crippen molar-refractivity contribution in [2.24, 2.45) is 0 Å². The van der Waals surface area contributed by atoms with Gasteiger partial charge < -0.3 is 20.3 Å². The van der Waals surface area contributed by atoms with Crippen LogP contribution in [-0.4, -0.2) is 41.0 Å². The van der Waals surface area contributed by atoms with Gasteiger partial charge in [0.15, 0.2) is 0 Å².